The summed E-state index contributed by atoms with van der Waals surface area (Å²) in [4.78, 5) is 19.0. The van der Waals surface area contributed by atoms with Crippen molar-refractivity contribution in [1.82, 2.24) is 9.97 Å². The number of hydrogen-bond donors (Lipinski definition) is 2. The predicted octanol–water partition coefficient (Wildman–Crippen LogP) is 1.97. The monoisotopic (exact) mass is 253 g/mol. The van der Waals surface area contributed by atoms with Crippen molar-refractivity contribution in [2.75, 3.05) is 5.73 Å². The number of pyridine rings is 1. The van der Waals surface area contributed by atoms with Crippen molar-refractivity contribution >= 4 is 34.8 Å². The molecule has 0 bridgehead atoms. The number of aromatic nitrogens is 2. The summed E-state index contributed by atoms with van der Waals surface area (Å²) in [6.07, 6.45) is 3.09. The SMILES string of the molecule is Nc1cnc(Sc2nccs2)c(C(=O)O)c1. The normalized spacial score (nSPS) is 10.2. The molecule has 16 heavy (non-hydrogen) atoms. The molecule has 5 nitrogen and oxygen atoms in total. The zero-order chi connectivity index (χ0) is 11.5. The fourth-order valence-corrected chi connectivity index (χ4v) is 2.64. The molecule has 0 aromatic carbocycles. The van der Waals surface area contributed by atoms with Crippen LogP contribution in [0.4, 0.5) is 5.69 Å². The minimum absolute atomic E-state index is 0.0974. The first-order chi connectivity index (χ1) is 7.66. The highest BCUT2D eigenvalue weighted by Gasteiger charge is 2.14. The van der Waals surface area contributed by atoms with Crippen LogP contribution in [0, 0.1) is 0 Å². The Morgan fingerprint density at radius 2 is 2.31 bits per heavy atom. The van der Waals surface area contributed by atoms with Gasteiger partial charge in [0.15, 0.2) is 4.34 Å². The third-order valence-corrected chi connectivity index (χ3v) is 3.60. The van der Waals surface area contributed by atoms with Crippen LogP contribution in [-0.4, -0.2) is 21.0 Å². The lowest BCUT2D eigenvalue weighted by molar-refractivity contribution is 0.0692. The van der Waals surface area contributed by atoms with Crippen LogP contribution in [-0.2, 0) is 0 Å². The Kier molecular flexibility index (Phi) is 3.07. The molecule has 0 amide bonds. The lowest BCUT2D eigenvalue weighted by Crippen LogP contribution is -2.02. The van der Waals surface area contributed by atoms with Crippen LogP contribution in [0.1, 0.15) is 10.4 Å². The number of hydrogen-bond acceptors (Lipinski definition) is 6. The molecule has 0 aliphatic rings. The minimum atomic E-state index is -1.04. The first-order valence-corrected chi connectivity index (χ1v) is 5.92. The molecule has 2 heterocycles. The average Bonchev–Trinajstić information content (AvgIpc) is 2.73. The number of nitrogens with zero attached hydrogens (tertiary/aromatic N) is 2. The van der Waals surface area contributed by atoms with Crippen molar-refractivity contribution in [1.29, 1.82) is 0 Å². The molecule has 7 heteroatoms. The van der Waals surface area contributed by atoms with E-state index in [1.54, 1.807) is 6.20 Å². The Morgan fingerprint density at radius 3 is 2.94 bits per heavy atom. The molecule has 0 unspecified atom stereocenters. The second-order valence-corrected chi connectivity index (χ2v) is 4.96. The first kappa shape index (κ1) is 10.9. The summed E-state index contributed by atoms with van der Waals surface area (Å²) in [6.45, 7) is 0. The molecule has 3 N–H and O–H groups in total. The molecule has 0 radical (unpaired) electrons. The summed E-state index contributed by atoms with van der Waals surface area (Å²) in [5.74, 6) is -1.04. The maximum Gasteiger partial charge on any atom is 0.338 e. The van der Waals surface area contributed by atoms with Crippen LogP contribution < -0.4 is 5.73 Å². The number of thiazole rings is 1. The molecule has 2 rings (SSSR count). The fourth-order valence-electron chi connectivity index (χ4n) is 1.05. The molecule has 0 spiro atoms. The van der Waals surface area contributed by atoms with E-state index in [0.29, 0.717) is 10.7 Å². The maximum atomic E-state index is 11.0. The van der Waals surface area contributed by atoms with Crippen LogP contribution in [0.25, 0.3) is 0 Å². The minimum Gasteiger partial charge on any atom is -0.478 e. The van der Waals surface area contributed by atoms with Gasteiger partial charge in [-0.15, -0.1) is 11.3 Å². The van der Waals surface area contributed by atoms with Crippen LogP contribution in [0.5, 0.6) is 0 Å². The van der Waals surface area contributed by atoms with Crippen molar-refractivity contribution in [2.24, 2.45) is 0 Å². The number of carbonyl (C=O) groups is 1. The van der Waals surface area contributed by atoms with Crippen LogP contribution >= 0.6 is 23.1 Å². The Morgan fingerprint density at radius 1 is 1.50 bits per heavy atom. The van der Waals surface area contributed by atoms with Gasteiger partial charge < -0.3 is 10.8 Å². The van der Waals surface area contributed by atoms with Gasteiger partial charge in [0, 0.05) is 11.6 Å². The molecule has 0 atom stereocenters. The van der Waals surface area contributed by atoms with Gasteiger partial charge in [0.25, 0.3) is 0 Å². The summed E-state index contributed by atoms with van der Waals surface area (Å²) in [5, 5.41) is 11.2. The molecule has 0 aliphatic heterocycles. The molecular formula is C9H7N3O2S2. The molecule has 0 saturated heterocycles. The van der Waals surface area contributed by atoms with Gasteiger partial charge in [-0.1, -0.05) is 0 Å². The third-order valence-electron chi connectivity index (χ3n) is 1.70. The summed E-state index contributed by atoms with van der Waals surface area (Å²) in [7, 11) is 0. The van der Waals surface area contributed by atoms with Crippen molar-refractivity contribution < 1.29 is 9.90 Å². The lowest BCUT2D eigenvalue weighted by Gasteiger charge is -2.03. The third kappa shape index (κ3) is 2.31. The van der Waals surface area contributed by atoms with E-state index < -0.39 is 5.97 Å². The molecule has 0 saturated carbocycles. The summed E-state index contributed by atoms with van der Waals surface area (Å²) < 4.78 is 0.750. The topological polar surface area (TPSA) is 89.1 Å². The largest absolute Gasteiger partial charge is 0.478 e. The zero-order valence-corrected chi connectivity index (χ0v) is 9.59. The number of aromatic carboxylic acids is 1. The van der Waals surface area contributed by atoms with Crippen molar-refractivity contribution in [3.8, 4) is 0 Å². The Balaban J connectivity index is 2.36. The highest BCUT2D eigenvalue weighted by atomic mass is 32.2. The van der Waals surface area contributed by atoms with Crippen LogP contribution in [0.2, 0.25) is 0 Å². The summed E-state index contributed by atoms with van der Waals surface area (Å²) in [5.41, 5.74) is 5.92. The highest BCUT2D eigenvalue weighted by molar-refractivity contribution is 8.01. The molecule has 82 valence electrons. The van der Waals surface area contributed by atoms with Crippen LogP contribution in [0.3, 0.4) is 0 Å². The van der Waals surface area contributed by atoms with E-state index in [4.69, 9.17) is 10.8 Å². The van der Waals surface area contributed by atoms with E-state index in [2.05, 4.69) is 9.97 Å². The van der Waals surface area contributed by atoms with Crippen molar-refractivity contribution in [2.45, 2.75) is 9.37 Å². The lowest BCUT2D eigenvalue weighted by atomic mass is 10.3. The first-order valence-electron chi connectivity index (χ1n) is 4.23. The van der Waals surface area contributed by atoms with Gasteiger partial charge in [-0.3, -0.25) is 0 Å². The second-order valence-electron chi connectivity index (χ2n) is 2.83. The molecule has 2 aromatic heterocycles. The van der Waals surface area contributed by atoms with E-state index >= 15 is 0 Å². The van der Waals surface area contributed by atoms with E-state index in [9.17, 15) is 4.79 Å². The molecule has 2 aromatic rings. The van der Waals surface area contributed by atoms with Crippen molar-refractivity contribution in [3.05, 3.63) is 29.4 Å². The smallest absolute Gasteiger partial charge is 0.338 e. The number of carboxylic acid groups (broad SMARTS) is 1. The fraction of sp³-hybridized carbons (Fsp3) is 0. The zero-order valence-electron chi connectivity index (χ0n) is 7.95. The summed E-state index contributed by atoms with van der Waals surface area (Å²) in [6, 6.07) is 1.39. The van der Waals surface area contributed by atoms with Crippen LogP contribution in [0.15, 0.2) is 33.2 Å². The van der Waals surface area contributed by atoms with Gasteiger partial charge >= 0.3 is 5.97 Å². The van der Waals surface area contributed by atoms with Gasteiger partial charge in [-0.2, -0.15) is 0 Å². The van der Waals surface area contributed by atoms with E-state index in [-0.39, 0.29) is 5.56 Å². The van der Waals surface area contributed by atoms with E-state index in [1.807, 2.05) is 5.38 Å². The van der Waals surface area contributed by atoms with Gasteiger partial charge in [0.05, 0.1) is 17.4 Å². The highest BCUT2D eigenvalue weighted by Crippen LogP contribution is 2.30. The molecule has 0 fully saturated rings. The average molecular weight is 253 g/mol. The Hall–Kier alpha value is -1.60. The summed E-state index contributed by atoms with van der Waals surface area (Å²) >= 11 is 2.65. The number of nitrogens with two attached hydrogens (primary N) is 1. The second kappa shape index (κ2) is 4.50. The number of anilines is 1. The number of carboxylic acids is 1. The van der Waals surface area contributed by atoms with Gasteiger partial charge in [0.1, 0.15) is 5.03 Å². The van der Waals surface area contributed by atoms with Gasteiger partial charge in [0.2, 0.25) is 0 Å². The molecular weight excluding hydrogens is 246 g/mol. The number of rotatable bonds is 3. The Labute approximate surface area is 99.4 Å². The van der Waals surface area contributed by atoms with Crippen molar-refractivity contribution in [3.63, 3.8) is 0 Å². The van der Waals surface area contributed by atoms with E-state index in [0.717, 1.165) is 4.34 Å². The predicted molar refractivity (Wildman–Crippen MR) is 61.8 cm³/mol. The Bertz CT molecular complexity index is 513. The van der Waals surface area contributed by atoms with E-state index in [1.165, 1.54) is 35.4 Å². The van der Waals surface area contributed by atoms with Gasteiger partial charge in [-0.25, -0.2) is 14.8 Å². The quantitative estimate of drug-likeness (QED) is 0.869. The standard InChI is InChI=1S/C9H7N3O2S2/c10-5-3-6(8(13)14)7(12-4-5)16-9-11-1-2-15-9/h1-4H,10H2,(H,13,14). The molecule has 0 aliphatic carbocycles. The number of nitrogen functional groups attached to an aromatic ring is 1. The van der Waals surface area contributed by atoms with Gasteiger partial charge in [-0.05, 0) is 17.8 Å². The maximum absolute atomic E-state index is 11.0.